The van der Waals surface area contributed by atoms with Crippen molar-refractivity contribution in [3.05, 3.63) is 129 Å². The Bertz CT molecular complexity index is 2140. The standard InChI is InChI=1S/C38H33Cl2N2/c1-5-41-32(26-15-7-11-24-13-9-17-34(41)36(24)26)21-19-28-30(39)23-31(40)29(38(28,3)4)20-22-33-27-16-8-12-25-14-10-18-35(37(25)27)42(33)6-2/h7-23H,5-6H2,1-4H3/q+1. The van der Waals surface area contributed by atoms with Gasteiger partial charge in [-0.2, -0.15) is 4.58 Å². The van der Waals surface area contributed by atoms with E-state index in [4.69, 9.17) is 23.2 Å². The topological polar surface area (TPSA) is 7.94 Å². The number of aromatic nitrogens is 1. The summed E-state index contributed by atoms with van der Waals surface area (Å²) in [5.74, 6) is 0. The Labute approximate surface area is 256 Å². The van der Waals surface area contributed by atoms with E-state index in [9.17, 15) is 0 Å². The van der Waals surface area contributed by atoms with Crippen LogP contribution in [0, 0.1) is 5.41 Å². The van der Waals surface area contributed by atoms with Crippen LogP contribution in [0.4, 0.5) is 5.69 Å². The molecule has 0 unspecified atom stereocenters. The minimum absolute atomic E-state index is 0.403. The zero-order chi connectivity index (χ0) is 29.2. The second kappa shape index (κ2) is 10.2. The molecule has 0 N–H and O–H groups in total. The molecule has 0 fully saturated rings. The number of hydrogen-bond donors (Lipinski definition) is 0. The fourth-order valence-corrected chi connectivity index (χ4v) is 7.89. The molecule has 0 atom stereocenters. The summed E-state index contributed by atoms with van der Waals surface area (Å²) in [4.78, 5) is 0. The van der Waals surface area contributed by atoms with Gasteiger partial charge in [0.05, 0.1) is 10.9 Å². The lowest BCUT2D eigenvalue weighted by Gasteiger charge is -2.33. The van der Waals surface area contributed by atoms with E-state index in [0.29, 0.717) is 10.1 Å². The van der Waals surface area contributed by atoms with Gasteiger partial charge < -0.3 is 4.57 Å². The fourth-order valence-electron chi connectivity index (χ4n) is 7.02. The monoisotopic (exact) mass is 587 g/mol. The number of halogens is 2. The lowest BCUT2D eigenvalue weighted by molar-refractivity contribution is -0.430. The molecule has 7 rings (SSSR count). The van der Waals surface area contributed by atoms with Gasteiger partial charge in [-0.25, -0.2) is 0 Å². The molecule has 1 aliphatic heterocycles. The van der Waals surface area contributed by atoms with Gasteiger partial charge in [0, 0.05) is 55.8 Å². The van der Waals surface area contributed by atoms with Gasteiger partial charge in [-0.3, -0.25) is 0 Å². The molecule has 0 saturated carbocycles. The zero-order valence-corrected chi connectivity index (χ0v) is 25.9. The summed E-state index contributed by atoms with van der Waals surface area (Å²) in [6.07, 6.45) is 10.7. The molecule has 5 aromatic rings. The van der Waals surface area contributed by atoms with Gasteiger partial charge in [-0.15, -0.1) is 0 Å². The van der Waals surface area contributed by atoms with Crippen molar-refractivity contribution in [1.82, 2.24) is 4.57 Å². The first-order chi connectivity index (χ1) is 20.3. The molecule has 1 aliphatic carbocycles. The number of aryl methyl sites for hydroxylation is 1. The van der Waals surface area contributed by atoms with Crippen LogP contribution in [0.15, 0.2) is 118 Å². The lowest BCUT2D eigenvalue weighted by Crippen LogP contribution is -2.22. The quantitative estimate of drug-likeness (QED) is 0.181. The molecule has 208 valence electrons. The Hall–Kier alpha value is -3.85. The van der Waals surface area contributed by atoms with Crippen LogP contribution in [0.5, 0.6) is 0 Å². The Morgan fingerprint density at radius 2 is 1.50 bits per heavy atom. The molecule has 0 bridgehead atoms. The molecule has 1 aromatic heterocycles. The molecule has 0 saturated heterocycles. The minimum Gasteiger partial charge on any atom is -0.341 e. The van der Waals surface area contributed by atoms with Crippen molar-refractivity contribution in [3.63, 3.8) is 0 Å². The molecule has 42 heavy (non-hydrogen) atoms. The van der Waals surface area contributed by atoms with E-state index >= 15 is 0 Å². The van der Waals surface area contributed by atoms with Crippen molar-refractivity contribution in [2.45, 2.75) is 34.2 Å². The van der Waals surface area contributed by atoms with Crippen molar-refractivity contribution in [1.29, 1.82) is 0 Å². The van der Waals surface area contributed by atoms with E-state index in [0.717, 1.165) is 24.2 Å². The molecule has 0 spiro atoms. The lowest BCUT2D eigenvalue weighted by atomic mass is 9.73. The number of nitrogens with zero attached hydrogens (tertiary/aromatic N) is 2. The van der Waals surface area contributed by atoms with E-state index in [1.165, 1.54) is 54.8 Å². The second-order valence-electron chi connectivity index (χ2n) is 11.6. The smallest absolute Gasteiger partial charge is 0.214 e. The SMILES string of the molecule is CCn1/c(=C/C=C2\C(Cl)=CC(Cl)=C(/C=C/C3=[N+](CC)c4cccc5cccc3c45)C2(C)C)c2cccc3cccc1c32. The summed E-state index contributed by atoms with van der Waals surface area (Å²) in [6, 6.07) is 26.2. The van der Waals surface area contributed by atoms with Gasteiger partial charge in [0.25, 0.3) is 0 Å². The highest BCUT2D eigenvalue weighted by Gasteiger charge is 2.35. The van der Waals surface area contributed by atoms with Crippen LogP contribution < -0.4 is 5.35 Å². The predicted molar refractivity (Wildman–Crippen MR) is 181 cm³/mol. The van der Waals surface area contributed by atoms with Crippen LogP contribution in [0.25, 0.3) is 38.5 Å². The third-order valence-corrected chi connectivity index (χ3v) is 9.67. The molecular formula is C38H33Cl2N2+. The van der Waals surface area contributed by atoms with Crippen LogP contribution in [0.1, 0.15) is 33.3 Å². The van der Waals surface area contributed by atoms with Crippen molar-refractivity contribution < 1.29 is 4.58 Å². The molecule has 0 radical (unpaired) electrons. The number of hydrogen-bond acceptors (Lipinski definition) is 0. The first-order valence-electron chi connectivity index (χ1n) is 14.7. The van der Waals surface area contributed by atoms with Gasteiger partial charge in [-0.1, -0.05) is 104 Å². The minimum atomic E-state index is -0.403. The summed E-state index contributed by atoms with van der Waals surface area (Å²) in [6.45, 7) is 10.6. The fraction of sp³-hybridized carbons (Fsp3) is 0.184. The van der Waals surface area contributed by atoms with Gasteiger partial charge in [0.1, 0.15) is 6.54 Å². The van der Waals surface area contributed by atoms with Gasteiger partial charge in [0.15, 0.2) is 0 Å². The first-order valence-corrected chi connectivity index (χ1v) is 15.4. The van der Waals surface area contributed by atoms with Crippen molar-refractivity contribution in [2.75, 3.05) is 6.54 Å². The highest BCUT2D eigenvalue weighted by atomic mass is 35.5. The van der Waals surface area contributed by atoms with Crippen LogP contribution in [-0.4, -0.2) is 21.4 Å². The van der Waals surface area contributed by atoms with Crippen LogP contribution >= 0.6 is 23.2 Å². The normalized spacial score (nSPS) is 18.2. The molecule has 4 aromatic carbocycles. The summed E-state index contributed by atoms with van der Waals surface area (Å²) in [7, 11) is 0. The summed E-state index contributed by atoms with van der Waals surface area (Å²) in [5, 5.41) is 8.96. The molecule has 0 amide bonds. The predicted octanol–water partition coefficient (Wildman–Crippen LogP) is 9.77. The van der Waals surface area contributed by atoms with Crippen LogP contribution in [0.3, 0.4) is 0 Å². The van der Waals surface area contributed by atoms with Crippen LogP contribution in [-0.2, 0) is 6.54 Å². The molecule has 4 heteroatoms. The van der Waals surface area contributed by atoms with Gasteiger partial charge in [-0.05, 0) is 60.1 Å². The van der Waals surface area contributed by atoms with Gasteiger partial charge >= 0.3 is 0 Å². The van der Waals surface area contributed by atoms with Crippen molar-refractivity contribution in [2.24, 2.45) is 5.41 Å². The highest BCUT2D eigenvalue weighted by molar-refractivity contribution is 6.37. The van der Waals surface area contributed by atoms with Crippen molar-refractivity contribution in [3.8, 4) is 0 Å². The third-order valence-electron chi connectivity index (χ3n) is 9.04. The van der Waals surface area contributed by atoms with E-state index < -0.39 is 5.41 Å². The molecule has 2 heterocycles. The summed E-state index contributed by atoms with van der Waals surface area (Å²) < 4.78 is 4.78. The maximum Gasteiger partial charge on any atom is 0.214 e. The first kappa shape index (κ1) is 27.0. The molecule has 2 aliphatic rings. The van der Waals surface area contributed by atoms with Crippen LogP contribution in [0.2, 0.25) is 0 Å². The Kier molecular flexibility index (Phi) is 6.53. The Balaban J connectivity index is 1.34. The zero-order valence-electron chi connectivity index (χ0n) is 24.4. The average molecular weight is 589 g/mol. The number of allylic oxidation sites excluding steroid dienone is 8. The molecular weight excluding hydrogens is 555 g/mol. The summed E-state index contributed by atoms with van der Waals surface area (Å²) in [5.41, 5.74) is 6.67. The number of benzene rings is 4. The van der Waals surface area contributed by atoms with E-state index in [1.807, 2.05) is 6.08 Å². The van der Waals surface area contributed by atoms with E-state index in [1.54, 1.807) is 0 Å². The van der Waals surface area contributed by atoms with Crippen molar-refractivity contribution >= 4 is 73.1 Å². The van der Waals surface area contributed by atoms with E-state index in [-0.39, 0.29) is 0 Å². The Morgan fingerprint density at radius 1 is 0.810 bits per heavy atom. The second-order valence-corrected chi connectivity index (χ2v) is 12.4. The average Bonchev–Trinajstić information content (AvgIpc) is 3.46. The molecule has 2 nitrogen and oxygen atoms in total. The maximum absolute atomic E-state index is 6.93. The maximum atomic E-state index is 6.93. The Morgan fingerprint density at radius 3 is 2.24 bits per heavy atom. The highest BCUT2D eigenvalue weighted by Crippen LogP contribution is 2.47. The van der Waals surface area contributed by atoms with E-state index in [2.05, 4.69) is 134 Å². The largest absolute Gasteiger partial charge is 0.341 e. The number of rotatable bonds is 5. The summed E-state index contributed by atoms with van der Waals surface area (Å²) >= 11 is 13.9. The third kappa shape index (κ3) is 3.96. The van der Waals surface area contributed by atoms with Gasteiger partial charge in [0.2, 0.25) is 11.4 Å².